The molecular formula is C23H33N5O2. The summed E-state index contributed by atoms with van der Waals surface area (Å²) in [5.41, 5.74) is 3.44. The number of aliphatic imine (C=N–C) groups is 1. The molecule has 2 N–H and O–H groups in total. The van der Waals surface area contributed by atoms with Crippen molar-refractivity contribution in [2.24, 2.45) is 4.99 Å². The molecule has 0 bridgehead atoms. The van der Waals surface area contributed by atoms with E-state index in [1.54, 1.807) is 14.2 Å². The number of aromatic nitrogens is 1. The Morgan fingerprint density at radius 1 is 1.10 bits per heavy atom. The molecule has 0 radical (unpaired) electrons. The minimum absolute atomic E-state index is 0.529. The monoisotopic (exact) mass is 411 g/mol. The minimum atomic E-state index is 0.529. The number of guanidine groups is 1. The van der Waals surface area contributed by atoms with Crippen molar-refractivity contribution in [1.29, 1.82) is 0 Å². The van der Waals surface area contributed by atoms with Gasteiger partial charge in [-0.25, -0.2) is 4.98 Å². The molecule has 0 unspecified atom stereocenters. The Hall–Kier alpha value is -2.80. The molecule has 1 aromatic carbocycles. The minimum Gasteiger partial charge on any atom is -0.491 e. The lowest BCUT2D eigenvalue weighted by Gasteiger charge is -2.18. The lowest BCUT2D eigenvalue weighted by atomic mass is 10.1. The first-order valence-electron chi connectivity index (χ1n) is 10.6. The largest absolute Gasteiger partial charge is 0.491 e. The van der Waals surface area contributed by atoms with Gasteiger partial charge in [0.15, 0.2) is 5.96 Å². The number of hydrogen-bond donors (Lipinski definition) is 2. The number of ether oxygens (including phenoxy) is 2. The van der Waals surface area contributed by atoms with Gasteiger partial charge in [-0.3, -0.25) is 4.99 Å². The third kappa shape index (κ3) is 6.35. The Balaban J connectivity index is 1.55. The average molecular weight is 412 g/mol. The summed E-state index contributed by atoms with van der Waals surface area (Å²) in [5, 5.41) is 6.77. The molecule has 0 spiro atoms. The topological polar surface area (TPSA) is 71.0 Å². The van der Waals surface area contributed by atoms with Crippen LogP contribution in [0.3, 0.4) is 0 Å². The molecule has 1 saturated heterocycles. The molecule has 0 amide bonds. The van der Waals surface area contributed by atoms with Gasteiger partial charge >= 0.3 is 0 Å². The SMILES string of the molecule is CN=C(NCc1ccnc(N2CCCC2)c1)NCc1ccc(C)cc1OCCOC. The van der Waals surface area contributed by atoms with Crippen LogP contribution < -0.4 is 20.3 Å². The summed E-state index contributed by atoms with van der Waals surface area (Å²) in [5.74, 6) is 2.68. The van der Waals surface area contributed by atoms with E-state index in [2.05, 4.69) is 56.7 Å². The van der Waals surface area contributed by atoms with Crippen LogP contribution in [0.2, 0.25) is 0 Å². The van der Waals surface area contributed by atoms with Gasteiger partial charge in [-0.05, 0) is 49.1 Å². The molecule has 0 saturated carbocycles. The quantitative estimate of drug-likeness (QED) is 0.376. The van der Waals surface area contributed by atoms with Crippen molar-refractivity contribution in [3.05, 3.63) is 53.2 Å². The van der Waals surface area contributed by atoms with Crippen LogP contribution in [-0.2, 0) is 17.8 Å². The van der Waals surface area contributed by atoms with Crippen LogP contribution in [0.5, 0.6) is 5.75 Å². The highest BCUT2D eigenvalue weighted by Gasteiger charge is 2.13. The maximum atomic E-state index is 5.88. The fourth-order valence-electron chi connectivity index (χ4n) is 3.45. The third-order valence-electron chi connectivity index (χ3n) is 5.14. The standard InChI is InChI=1S/C23H33N5O2/c1-18-6-7-20(21(14-18)30-13-12-29-3)17-27-23(24-2)26-16-19-8-9-25-22(15-19)28-10-4-5-11-28/h6-9,14-15H,4-5,10-13,16-17H2,1-3H3,(H2,24,26,27). The van der Waals surface area contributed by atoms with E-state index in [4.69, 9.17) is 9.47 Å². The fourth-order valence-corrected chi connectivity index (χ4v) is 3.45. The molecule has 0 atom stereocenters. The first kappa shape index (κ1) is 21.9. The van der Waals surface area contributed by atoms with Crippen LogP contribution >= 0.6 is 0 Å². The molecule has 7 nitrogen and oxygen atoms in total. The normalized spacial score (nSPS) is 14.1. The molecule has 2 aromatic rings. The Morgan fingerprint density at radius 2 is 1.90 bits per heavy atom. The molecule has 1 aliphatic heterocycles. The number of anilines is 1. The van der Waals surface area contributed by atoms with E-state index >= 15 is 0 Å². The van der Waals surface area contributed by atoms with Gasteiger partial charge in [0.05, 0.1) is 6.61 Å². The van der Waals surface area contributed by atoms with Crippen molar-refractivity contribution < 1.29 is 9.47 Å². The highest BCUT2D eigenvalue weighted by atomic mass is 16.5. The molecule has 2 heterocycles. The van der Waals surface area contributed by atoms with E-state index in [1.807, 2.05) is 12.3 Å². The number of aryl methyl sites for hydroxylation is 1. The van der Waals surface area contributed by atoms with E-state index in [1.165, 1.54) is 24.0 Å². The number of benzene rings is 1. The number of pyridine rings is 1. The zero-order chi connectivity index (χ0) is 21.2. The first-order valence-corrected chi connectivity index (χ1v) is 10.6. The second-order valence-electron chi connectivity index (χ2n) is 7.45. The van der Waals surface area contributed by atoms with Gasteiger partial charge in [0.2, 0.25) is 0 Å². The van der Waals surface area contributed by atoms with Crippen LogP contribution in [0.25, 0.3) is 0 Å². The number of rotatable bonds is 9. The summed E-state index contributed by atoms with van der Waals surface area (Å²) in [6.07, 6.45) is 4.38. The smallest absolute Gasteiger partial charge is 0.191 e. The number of hydrogen-bond acceptors (Lipinski definition) is 5. The van der Waals surface area contributed by atoms with E-state index in [0.717, 1.165) is 36.2 Å². The summed E-state index contributed by atoms with van der Waals surface area (Å²) in [6, 6.07) is 10.4. The molecule has 0 aliphatic carbocycles. The Kier molecular flexibility index (Phi) is 8.32. The van der Waals surface area contributed by atoms with Crippen LogP contribution in [0.15, 0.2) is 41.5 Å². The lowest BCUT2D eigenvalue weighted by molar-refractivity contribution is 0.145. The fraction of sp³-hybridized carbons (Fsp3) is 0.478. The van der Waals surface area contributed by atoms with Gasteiger partial charge < -0.3 is 25.0 Å². The predicted molar refractivity (Wildman–Crippen MR) is 121 cm³/mol. The van der Waals surface area contributed by atoms with Gasteiger partial charge in [-0.1, -0.05) is 12.1 Å². The molecule has 7 heteroatoms. The molecule has 1 aliphatic rings. The number of nitrogens with one attached hydrogen (secondary N) is 2. The zero-order valence-electron chi connectivity index (χ0n) is 18.3. The average Bonchev–Trinajstić information content (AvgIpc) is 3.30. The summed E-state index contributed by atoms with van der Waals surface area (Å²) in [4.78, 5) is 11.2. The Labute approximate surface area is 179 Å². The van der Waals surface area contributed by atoms with Crippen LogP contribution in [0.4, 0.5) is 5.82 Å². The number of methoxy groups -OCH3 is 1. The molecule has 162 valence electrons. The molecule has 1 aromatic heterocycles. The lowest BCUT2D eigenvalue weighted by Crippen LogP contribution is -2.36. The predicted octanol–water partition coefficient (Wildman–Crippen LogP) is 2.88. The van der Waals surface area contributed by atoms with Gasteiger partial charge in [-0.15, -0.1) is 0 Å². The second-order valence-corrected chi connectivity index (χ2v) is 7.45. The molecule has 3 rings (SSSR count). The van der Waals surface area contributed by atoms with E-state index in [0.29, 0.717) is 26.3 Å². The van der Waals surface area contributed by atoms with Gasteiger partial charge in [0.25, 0.3) is 0 Å². The summed E-state index contributed by atoms with van der Waals surface area (Å²) in [6.45, 7) is 6.66. The van der Waals surface area contributed by atoms with Crippen molar-refractivity contribution in [3.63, 3.8) is 0 Å². The number of nitrogens with zero attached hydrogens (tertiary/aromatic N) is 3. The van der Waals surface area contributed by atoms with Crippen molar-refractivity contribution in [3.8, 4) is 5.75 Å². The van der Waals surface area contributed by atoms with Crippen LogP contribution in [-0.4, -0.2) is 51.4 Å². The molecular weight excluding hydrogens is 378 g/mol. The maximum absolute atomic E-state index is 5.88. The van der Waals surface area contributed by atoms with Crippen molar-refractivity contribution >= 4 is 11.8 Å². The van der Waals surface area contributed by atoms with Gasteiger partial charge in [-0.2, -0.15) is 0 Å². The van der Waals surface area contributed by atoms with Gasteiger partial charge in [0.1, 0.15) is 18.2 Å². The van der Waals surface area contributed by atoms with Gasteiger partial charge in [0, 0.05) is 52.1 Å². The van der Waals surface area contributed by atoms with Crippen molar-refractivity contribution in [2.75, 3.05) is 45.4 Å². The van der Waals surface area contributed by atoms with E-state index in [9.17, 15) is 0 Å². The van der Waals surface area contributed by atoms with E-state index < -0.39 is 0 Å². The highest BCUT2D eigenvalue weighted by molar-refractivity contribution is 5.79. The first-order chi connectivity index (χ1) is 14.7. The van der Waals surface area contributed by atoms with E-state index in [-0.39, 0.29) is 0 Å². The second kappa shape index (κ2) is 11.4. The molecule has 30 heavy (non-hydrogen) atoms. The van der Waals surface area contributed by atoms with Crippen LogP contribution in [0.1, 0.15) is 29.5 Å². The summed E-state index contributed by atoms with van der Waals surface area (Å²) in [7, 11) is 3.46. The zero-order valence-corrected chi connectivity index (χ0v) is 18.3. The Bertz CT molecular complexity index is 834. The van der Waals surface area contributed by atoms with Crippen molar-refractivity contribution in [1.82, 2.24) is 15.6 Å². The van der Waals surface area contributed by atoms with Crippen LogP contribution in [0, 0.1) is 6.92 Å². The van der Waals surface area contributed by atoms with Crippen molar-refractivity contribution in [2.45, 2.75) is 32.9 Å². The summed E-state index contributed by atoms with van der Waals surface area (Å²) < 4.78 is 11.0. The summed E-state index contributed by atoms with van der Waals surface area (Å²) >= 11 is 0. The highest BCUT2D eigenvalue weighted by Crippen LogP contribution is 2.20. The maximum Gasteiger partial charge on any atom is 0.191 e. The third-order valence-corrected chi connectivity index (χ3v) is 5.14. The molecule has 1 fully saturated rings. The Morgan fingerprint density at radius 3 is 2.67 bits per heavy atom.